The van der Waals surface area contributed by atoms with E-state index in [1.165, 1.54) is 4.90 Å². The molecule has 0 N–H and O–H groups in total. The Balaban J connectivity index is 1.52. The van der Waals surface area contributed by atoms with Gasteiger partial charge in [-0.25, -0.2) is 9.69 Å². The molecule has 1 aromatic rings. The third-order valence-corrected chi connectivity index (χ3v) is 6.15. The minimum absolute atomic E-state index is 0.0532. The van der Waals surface area contributed by atoms with Crippen LogP contribution in [0.2, 0.25) is 0 Å². The molecule has 3 aliphatic heterocycles. The van der Waals surface area contributed by atoms with Gasteiger partial charge in [0.05, 0.1) is 24.4 Å². The molecule has 166 valence electrons. The maximum atomic E-state index is 13.4. The average Bonchev–Trinajstić information content (AvgIpc) is 2.88. The molecule has 0 radical (unpaired) electrons. The zero-order chi connectivity index (χ0) is 22.0. The summed E-state index contributed by atoms with van der Waals surface area (Å²) in [7, 11) is 0. The van der Waals surface area contributed by atoms with E-state index in [0.29, 0.717) is 57.0 Å². The van der Waals surface area contributed by atoms with Crippen LogP contribution in [-0.4, -0.2) is 90.4 Å². The van der Waals surface area contributed by atoms with Gasteiger partial charge in [0.1, 0.15) is 6.04 Å². The van der Waals surface area contributed by atoms with E-state index in [1.54, 1.807) is 41.0 Å². The van der Waals surface area contributed by atoms with Crippen molar-refractivity contribution in [1.82, 2.24) is 14.7 Å². The van der Waals surface area contributed by atoms with Crippen LogP contribution in [0.4, 0.5) is 10.5 Å². The molecule has 4 amide bonds. The second kappa shape index (κ2) is 9.05. The number of ether oxygens (including phenoxy) is 1. The first-order chi connectivity index (χ1) is 15.0. The number of para-hydroxylation sites is 1. The fourth-order valence-corrected chi connectivity index (χ4v) is 4.53. The van der Waals surface area contributed by atoms with Crippen LogP contribution in [0.15, 0.2) is 24.3 Å². The molecule has 0 bridgehead atoms. The van der Waals surface area contributed by atoms with Gasteiger partial charge in [-0.1, -0.05) is 12.1 Å². The maximum Gasteiger partial charge on any atom is 0.409 e. The fraction of sp³-hybridized carbons (Fsp3) is 0.545. The van der Waals surface area contributed by atoms with Crippen LogP contribution in [0.3, 0.4) is 0 Å². The molecule has 4 rings (SSSR count). The molecule has 9 heteroatoms. The van der Waals surface area contributed by atoms with E-state index in [-0.39, 0.29) is 30.4 Å². The number of hydrogen-bond donors (Lipinski definition) is 0. The number of carbonyl (C=O) groups excluding carboxylic acids is 4. The van der Waals surface area contributed by atoms with Crippen LogP contribution >= 0.6 is 0 Å². The first kappa shape index (κ1) is 21.3. The normalized spacial score (nSPS) is 22.0. The molecule has 9 nitrogen and oxygen atoms in total. The smallest absolute Gasteiger partial charge is 0.409 e. The highest BCUT2D eigenvalue weighted by Gasteiger charge is 2.43. The van der Waals surface area contributed by atoms with Crippen LogP contribution < -0.4 is 4.90 Å². The Kier molecular flexibility index (Phi) is 6.22. The average molecular weight is 428 g/mol. The molecule has 1 atom stereocenters. The molecule has 2 saturated heterocycles. The van der Waals surface area contributed by atoms with Crippen LogP contribution in [0.1, 0.15) is 36.5 Å². The third kappa shape index (κ3) is 4.14. The summed E-state index contributed by atoms with van der Waals surface area (Å²) >= 11 is 0. The van der Waals surface area contributed by atoms with Crippen molar-refractivity contribution in [2.75, 3.05) is 50.8 Å². The topological polar surface area (TPSA) is 90.5 Å². The summed E-state index contributed by atoms with van der Waals surface area (Å²) in [6.45, 7) is 4.63. The summed E-state index contributed by atoms with van der Waals surface area (Å²) in [5.74, 6) is -0.859. The van der Waals surface area contributed by atoms with Crippen molar-refractivity contribution in [3.8, 4) is 0 Å². The maximum absolute atomic E-state index is 13.4. The molecule has 1 aromatic carbocycles. The Morgan fingerprint density at radius 3 is 2.52 bits per heavy atom. The van der Waals surface area contributed by atoms with Gasteiger partial charge in [-0.2, -0.15) is 0 Å². The lowest BCUT2D eigenvalue weighted by Crippen LogP contribution is -2.55. The second-order valence-electron chi connectivity index (χ2n) is 8.06. The summed E-state index contributed by atoms with van der Waals surface area (Å²) in [4.78, 5) is 58.1. The minimum Gasteiger partial charge on any atom is -0.450 e. The monoisotopic (exact) mass is 428 g/mol. The quantitative estimate of drug-likeness (QED) is 0.722. The second-order valence-corrected chi connectivity index (χ2v) is 8.06. The zero-order valence-electron chi connectivity index (χ0n) is 17.8. The van der Waals surface area contributed by atoms with E-state index in [0.717, 1.165) is 12.8 Å². The molecule has 2 fully saturated rings. The molecule has 31 heavy (non-hydrogen) atoms. The first-order valence-corrected chi connectivity index (χ1v) is 10.9. The van der Waals surface area contributed by atoms with E-state index in [2.05, 4.69) is 0 Å². The van der Waals surface area contributed by atoms with Crippen molar-refractivity contribution in [3.05, 3.63) is 29.8 Å². The predicted octanol–water partition coefficient (Wildman–Crippen LogP) is 1.33. The van der Waals surface area contributed by atoms with Crippen LogP contribution in [0.5, 0.6) is 0 Å². The number of hydrogen-bond acceptors (Lipinski definition) is 6. The van der Waals surface area contributed by atoms with Crippen molar-refractivity contribution in [3.63, 3.8) is 0 Å². The van der Waals surface area contributed by atoms with Crippen molar-refractivity contribution in [2.45, 2.75) is 32.2 Å². The van der Waals surface area contributed by atoms with Gasteiger partial charge in [0, 0.05) is 32.7 Å². The molecule has 3 heterocycles. The molecule has 3 aliphatic rings. The number of fused-ring (bicyclic) bond motifs is 2. The number of anilines is 1. The van der Waals surface area contributed by atoms with Crippen LogP contribution in [-0.2, 0) is 14.3 Å². The van der Waals surface area contributed by atoms with Crippen LogP contribution in [0.25, 0.3) is 0 Å². The van der Waals surface area contributed by atoms with Crippen molar-refractivity contribution >= 4 is 29.5 Å². The Labute approximate surface area is 181 Å². The van der Waals surface area contributed by atoms with E-state index >= 15 is 0 Å². The molecular formula is C22H28N4O5. The SMILES string of the molecule is CCOC(=O)N1CCN(CC(=O)N2C(=O)C3CCCCN3C(=O)c3ccccc32)CC1. The summed E-state index contributed by atoms with van der Waals surface area (Å²) in [5.41, 5.74) is 0.753. The molecule has 0 aliphatic carbocycles. The van der Waals surface area contributed by atoms with Gasteiger partial charge in [-0.3, -0.25) is 19.3 Å². The first-order valence-electron chi connectivity index (χ1n) is 10.9. The van der Waals surface area contributed by atoms with Gasteiger partial charge >= 0.3 is 6.09 Å². The number of rotatable bonds is 3. The van der Waals surface area contributed by atoms with E-state index in [9.17, 15) is 19.2 Å². The number of nitrogens with zero attached hydrogens (tertiary/aromatic N) is 4. The van der Waals surface area contributed by atoms with Crippen LogP contribution in [0, 0.1) is 0 Å². The fourth-order valence-electron chi connectivity index (χ4n) is 4.53. The molecule has 0 aromatic heterocycles. The van der Waals surface area contributed by atoms with Gasteiger partial charge in [-0.05, 0) is 38.3 Å². The minimum atomic E-state index is -0.599. The summed E-state index contributed by atoms with van der Waals surface area (Å²) in [6, 6.07) is 6.24. The highest BCUT2D eigenvalue weighted by atomic mass is 16.6. The van der Waals surface area contributed by atoms with Gasteiger partial charge < -0.3 is 14.5 Å². The van der Waals surface area contributed by atoms with Gasteiger partial charge in [0.2, 0.25) is 5.91 Å². The molecular weight excluding hydrogens is 400 g/mol. The largest absolute Gasteiger partial charge is 0.450 e. The Morgan fingerprint density at radius 1 is 1.03 bits per heavy atom. The van der Waals surface area contributed by atoms with Gasteiger partial charge in [-0.15, -0.1) is 0 Å². The zero-order valence-corrected chi connectivity index (χ0v) is 17.8. The summed E-state index contributed by atoms with van der Waals surface area (Å²) in [6.07, 6.45) is 1.94. The lowest BCUT2D eigenvalue weighted by molar-refractivity contribution is -0.130. The Bertz CT molecular complexity index is 880. The summed E-state index contributed by atoms with van der Waals surface area (Å²) < 4.78 is 5.03. The number of piperidine rings is 1. The third-order valence-electron chi connectivity index (χ3n) is 6.15. The number of benzene rings is 1. The number of piperazine rings is 1. The Morgan fingerprint density at radius 2 is 1.77 bits per heavy atom. The number of amides is 4. The highest BCUT2D eigenvalue weighted by molar-refractivity contribution is 6.22. The van der Waals surface area contributed by atoms with E-state index in [1.807, 2.05) is 4.90 Å². The van der Waals surface area contributed by atoms with Crippen molar-refractivity contribution < 1.29 is 23.9 Å². The van der Waals surface area contributed by atoms with Crippen molar-refractivity contribution in [2.24, 2.45) is 0 Å². The molecule has 0 saturated carbocycles. The van der Waals surface area contributed by atoms with Gasteiger partial charge in [0.25, 0.3) is 11.8 Å². The number of imide groups is 1. The summed E-state index contributed by atoms with van der Waals surface area (Å²) in [5, 5.41) is 0. The standard InChI is InChI=1S/C22H28N4O5/c1-2-31-22(30)24-13-11-23(12-14-24)15-19(27)26-17-8-4-3-7-16(17)20(28)25-10-6-5-9-18(25)21(26)29/h3-4,7-8,18H,2,5-6,9-15H2,1H3. The van der Waals surface area contributed by atoms with Gasteiger partial charge in [0.15, 0.2) is 0 Å². The highest BCUT2D eigenvalue weighted by Crippen LogP contribution is 2.32. The lowest BCUT2D eigenvalue weighted by Gasteiger charge is -2.36. The Hall–Kier alpha value is -2.94. The molecule has 1 unspecified atom stereocenters. The van der Waals surface area contributed by atoms with E-state index in [4.69, 9.17) is 4.74 Å². The predicted molar refractivity (Wildman–Crippen MR) is 113 cm³/mol. The van der Waals surface area contributed by atoms with E-state index < -0.39 is 6.04 Å². The number of carbonyl (C=O) groups is 4. The molecule has 0 spiro atoms. The lowest BCUT2D eigenvalue weighted by atomic mass is 10.0. The van der Waals surface area contributed by atoms with Crippen molar-refractivity contribution in [1.29, 1.82) is 0 Å².